The summed E-state index contributed by atoms with van der Waals surface area (Å²) >= 11 is 7.17. The fourth-order valence-electron chi connectivity index (χ4n) is 7.85. The third-order valence-electron chi connectivity index (χ3n) is 10.5. The van der Waals surface area contributed by atoms with Crippen LogP contribution >= 0.6 is 11.6 Å². The highest BCUT2D eigenvalue weighted by Crippen LogP contribution is 2.46. The Balaban J connectivity index is 1.14. The molecular formula is C37H34ClF3N8O3. The lowest BCUT2D eigenvalue weighted by molar-refractivity contribution is -0.141. The number of methoxy groups -OCH3 is 1. The van der Waals surface area contributed by atoms with Crippen LogP contribution in [-0.2, 0) is 19.6 Å². The minimum Gasteiger partial charge on any atom is -0.481 e. The van der Waals surface area contributed by atoms with Crippen LogP contribution in [0.15, 0.2) is 59.5 Å². The van der Waals surface area contributed by atoms with Crippen molar-refractivity contribution in [3.63, 3.8) is 0 Å². The zero-order valence-corrected chi connectivity index (χ0v) is 29.2. The van der Waals surface area contributed by atoms with E-state index in [0.29, 0.717) is 45.5 Å². The third kappa shape index (κ3) is 5.70. The maximum atomic E-state index is 13.8. The van der Waals surface area contributed by atoms with Gasteiger partial charge in [0.25, 0.3) is 5.56 Å². The number of fused-ring (bicyclic) bond motifs is 2. The number of aryl methyl sites for hydroxylation is 2. The number of carbonyl (C=O) groups is 1. The van der Waals surface area contributed by atoms with E-state index < -0.39 is 17.4 Å². The lowest BCUT2D eigenvalue weighted by Crippen LogP contribution is -2.46. The van der Waals surface area contributed by atoms with Gasteiger partial charge < -0.3 is 20.7 Å². The number of benzene rings is 2. The second kappa shape index (κ2) is 12.5. The molecule has 1 spiro atoms. The number of halogens is 4. The largest absolute Gasteiger partial charge is 0.481 e. The maximum absolute atomic E-state index is 13.8. The van der Waals surface area contributed by atoms with E-state index >= 15 is 0 Å². The van der Waals surface area contributed by atoms with E-state index in [4.69, 9.17) is 21.3 Å². The van der Waals surface area contributed by atoms with Crippen molar-refractivity contribution >= 4 is 39.9 Å². The number of amides is 2. The first-order valence-corrected chi connectivity index (χ1v) is 17.2. The van der Waals surface area contributed by atoms with Crippen LogP contribution in [0.3, 0.4) is 0 Å². The van der Waals surface area contributed by atoms with Gasteiger partial charge in [0, 0.05) is 60.5 Å². The Labute approximate surface area is 301 Å². The number of likely N-dealkylation sites (tertiary alicyclic amines) is 1. The molecule has 5 aromatic rings. The highest BCUT2D eigenvalue weighted by molar-refractivity contribution is 6.36. The van der Waals surface area contributed by atoms with Crippen LogP contribution in [0, 0.1) is 6.92 Å². The van der Waals surface area contributed by atoms with Gasteiger partial charge in [-0.3, -0.25) is 9.69 Å². The van der Waals surface area contributed by atoms with Gasteiger partial charge in [0.05, 0.1) is 34.9 Å². The number of pyridine rings is 2. The fourth-order valence-corrected chi connectivity index (χ4v) is 8.18. The summed E-state index contributed by atoms with van der Waals surface area (Å²) < 4.78 is 48.5. The number of urea groups is 1. The van der Waals surface area contributed by atoms with Gasteiger partial charge in [-0.25, -0.2) is 19.4 Å². The molecule has 3 aromatic heterocycles. The van der Waals surface area contributed by atoms with E-state index in [2.05, 4.69) is 37.0 Å². The molecule has 2 atom stereocenters. The summed E-state index contributed by atoms with van der Waals surface area (Å²) in [5.41, 5.74) is 4.11. The number of aromatic nitrogens is 4. The number of alkyl halides is 3. The first-order chi connectivity index (χ1) is 24.9. The lowest BCUT2D eigenvalue weighted by atomic mass is 9.96. The van der Waals surface area contributed by atoms with Crippen LogP contribution in [0.1, 0.15) is 41.3 Å². The molecule has 2 amide bonds. The maximum Gasteiger partial charge on any atom is 0.433 e. The minimum absolute atomic E-state index is 0.0132. The second-order valence-corrected chi connectivity index (χ2v) is 14.0. The normalized spacial score (nSPS) is 20.0. The van der Waals surface area contributed by atoms with Crippen LogP contribution in [0.4, 0.5) is 29.5 Å². The SMILES string of the molecule is COc1nc(-c2cccc(-c3cccc(Nc4nc(C(F)(F)F)cc5cnn(C)c(=O)c45)c3C)c2Cl)cc2c1C(N1CCC3(CNC(=O)N3)C1)CC2. The highest BCUT2D eigenvalue weighted by atomic mass is 35.5. The van der Waals surface area contributed by atoms with E-state index in [0.717, 1.165) is 59.8 Å². The summed E-state index contributed by atoms with van der Waals surface area (Å²) in [6.45, 7) is 4.03. The van der Waals surface area contributed by atoms with E-state index in [1.54, 1.807) is 19.2 Å². The molecule has 0 saturated carbocycles. The molecule has 2 saturated heterocycles. The quantitative estimate of drug-likeness (QED) is 0.180. The number of carbonyl (C=O) groups excluding carboxylic acids is 1. The smallest absolute Gasteiger partial charge is 0.433 e. The zero-order chi connectivity index (χ0) is 36.5. The van der Waals surface area contributed by atoms with E-state index in [1.165, 1.54) is 13.2 Å². The molecule has 268 valence electrons. The monoisotopic (exact) mass is 730 g/mol. The molecule has 2 aliphatic heterocycles. The number of nitrogens with zero attached hydrogens (tertiary/aromatic N) is 5. The summed E-state index contributed by atoms with van der Waals surface area (Å²) in [4.78, 5) is 36.2. The van der Waals surface area contributed by atoms with Gasteiger partial charge in [-0.1, -0.05) is 41.9 Å². The molecule has 52 heavy (non-hydrogen) atoms. The minimum atomic E-state index is -4.74. The topological polar surface area (TPSA) is 126 Å². The summed E-state index contributed by atoms with van der Waals surface area (Å²) in [6, 6.07) is 13.9. The Morgan fingerprint density at radius 2 is 1.85 bits per heavy atom. The van der Waals surface area contributed by atoms with Crippen LogP contribution in [0.25, 0.3) is 33.2 Å². The summed E-state index contributed by atoms with van der Waals surface area (Å²) in [5, 5.41) is 13.4. The summed E-state index contributed by atoms with van der Waals surface area (Å²) in [6.07, 6.45) is -0.922. The first kappa shape index (κ1) is 33.9. The van der Waals surface area contributed by atoms with E-state index in [1.807, 2.05) is 31.2 Å². The molecule has 2 fully saturated rings. The van der Waals surface area contributed by atoms with Crippen LogP contribution < -0.4 is 26.2 Å². The van der Waals surface area contributed by atoms with Crippen LogP contribution in [0.5, 0.6) is 5.88 Å². The van der Waals surface area contributed by atoms with E-state index in [-0.39, 0.29) is 34.2 Å². The van der Waals surface area contributed by atoms with Gasteiger partial charge in [-0.05, 0) is 61.1 Å². The molecule has 0 radical (unpaired) electrons. The summed E-state index contributed by atoms with van der Waals surface area (Å²) in [7, 11) is 3.04. The Kier molecular flexibility index (Phi) is 8.14. The Bertz CT molecular complexity index is 2350. The molecule has 3 aliphatic rings. The average Bonchev–Trinajstić information content (AvgIpc) is 3.84. The molecule has 15 heteroatoms. The zero-order valence-electron chi connectivity index (χ0n) is 28.5. The highest BCUT2D eigenvalue weighted by Gasteiger charge is 2.47. The number of hydrogen-bond acceptors (Lipinski definition) is 8. The average molecular weight is 731 g/mol. The molecule has 11 nitrogen and oxygen atoms in total. The van der Waals surface area contributed by atoms with Crippen molar-refractivity contribution in [1.29, 1.82) is 0 Å². The van der Waals surface area contributed by atoms with Crippen LogP contribution in [-0.4, -0.2) is 63.0 Å². The van der Waals surface area contributed by atoms with Crippen molar-refractivity contribution in [3.8, 4) is 28.3 Å². The van der Waals surface area contributed by atoms with Crippen molar-refractivity contribution in [2.45, 2.75) is 43.9 Å². The number of hydrogen-bond donors (Lipinski definition) is 3. The van der Waals surface area contributed by atoms with Gasteiger partial charge in [0.15, 0.2) is 0 Å². The Morgan fingerprint density at radius 3 is 2.60 bits per heavy atom. The van der Waals surface area contributed by atoms with Gasteiger partial charge in [-0.15, -0.1) is 0 Å². The van der Waals surface area contributed by atoms with Crippen molar-refractivity contribution < 1.29 is 22.7 Å². The number of rotatable bonds is 6. The van der Waals surface area contributed by atoms with Crippen molar-refractivity contribution in [3.05, 3.63) is 92.5 Å². The predicted molar refractivity (Wildman–Crippen MR) is 191 cm³/mol. The van der Waals surface area contributed by atoms with Gasteiger partial charge in [0.1, 0.15) is 11.5 Å². The Morgan fingerprint density at radius 1 is 1.08 bits per heavy atom. The second-order valence-electron chi connectivity index (χ2n) is 13.6. The van der Waals surface area contributed by atoms with Crippen molar-refractivity contribution in [2.75, 3.05) is 32.1 Å². The van der Waals surface area contributed by atoms with Gasteiger partial charge >= 0.3 is 12.2 Å². The molecule has 1 aliphatic carbocycles. The van der Waals surface area contributed by atoms with Crippen molar-refractivity contribution in [2.24, 2.45) is 7.05 Å². The Hall–Kier alpha value is -5.21. The number of nitrogens with one attached hydrogen (secondary N) is 3. The molecular weight excluding hydrogens is 697 g/mol. The van der Waals surface area contributed by atoms with Crippen molar-refractivity contribution in [1.82, 2.24) is 35.3 Å². The van der Waals surface area contributed by atoms with Crippen LogP contribution in [0.2, 0.25) is 5.02 Å². The van der Waals surface area contributed by atoms with E-state index in [9.17, 15) is 22.8 Å². The molecule has 2 unspecified atom stereocenters. The van der Waals surface area contributed by atoms with Gasteiger partial charge in [0.2, 0.25) is 5.88 Å². The molecule has 3 N–H and O–H groups in total. The number of anilines is 2. The molecule has 0 bridgehead atoms. The predicted octanol–water partition coefficient (Wildman–Crippen LogP) is 6.53. The summed E-state index contributed by atoms with van der Waals surface area (Å²) in [5.74, 6) is 0.310. The molecule has 8 rings (SSSR count). The molecule has 2 aromatic carbocycles. The molecule has 5 heterocycles. The third-order valence-corrected chi connectivity index (χ3v) is 10.9. The fraction of sp³-hybridized carbons (Fsp3) is 0.324. The first-order valence-electron chi connectivity index (χ1n) is 16.8. The van der Waals surface area contributed by atoms with Gasteiger partial charge in [-0.2, -0.15) is 18.3 Å². The standard InChI is InChI=1S/C37H34ClF3N8O3/c1-19-22(6-5-9-25(19)44-32-30-21(16-43-48(2)34(30)50)15-28(46-32)37(39,40)41)23-7-4-8-24(31(23)38)26-14-20-10-11-27(29(20)33(45-26)52-3)49-13-12-36(18-49)17-42-35(51)47-36/h4-9,14-16,27H,10-13,17-18H2,1-3H3,(H,44,46)(H2,42,47,51). The number of ether oxygens (including phenoxy) is 1. The lowest BCUT2D eigenvalue weighted by Gasteiger charge is -2.28.